The van der Waals surface area contributed by atoms with Crippen LogP contribution >= 0.6 is 0 Å². The molecule has 2 unspecified atom stereocenters. The average Bonchev–Trinajstić information content (AvgIpc) is 3.75. The maximum atomic E-state index is 15.1. The van der Waals surface area contributed by atoms with E-state index in [1.54, 1.807) is 6.07 Å². The molecule has 0 spiro atoms. The van der Waals surface area contributed by atoms with Crippen molar-refractivity contribution in [3.05, 3.63) is 66.5 Å². The molecule has 3 saturated heterocycles. The third-order valence-electron chi connectivity index (χ3n) is 7.60. The number of pyridine rings is 1. The Kier molecular flexibility index (Phi) is 6.44. The predicted molar refractivity (Wildman–Crippen MR) is 141 cm³/mol. The Hall–Kier alpha value is -3.50. The van der Waals surface area contributed by atoms with E-state index in [0.29, 0.717) is 35.7 Å². The van der Waals surface area contributed by atoms with Gasteiger partial charge in [-0.15, -0.1) is 0 Å². The van der Waals surface area contributed by atoms with Crippen molar-refractivity contribution in [1.82, 2.24) is 9.97 Å². The Bertz CT molecular complexity index is 1450. The zero-order valence-electron chi connectivity index (χ0n) is 21.2. The van der Waals surface area contributed by atoms with Gasteiger partial charge in [-0.25, -0.2) is 9.37 Å². The molecule has 0 amide bonds. The molecule has 3 fully saturated rings. The molecule has 0 radical (unpaired) electrons. The Morgan fingerprint density at radius 1 is 0.923 bits per heavy atom. The smallest absolute Gasteiger partial charge is 0.193 e. The van der Waals surface area contributed by atoms with Gasteiger partial charge < -0.3 is 33.8 Å². The fraction of sp³-hybridized carbons (Fsp3) is 0.367. The molecule has 0 saturated carbocycles. The van der Waals surface area contributed by atoms with Crippen molar-refractivity contribution >= 4 is 11.0 Å². The minimum Gasteiger partial charge on any atom is -0.491 e. The van der Waals surface area contributed by atoms with Crippen molar-refractivity contribution < 1.29 is 33.2 Å². The molecule has 2 aromatic carbocycles. The van der Waals surface area contributed by atoms with Gasteiger partial charge in [0.05, 0.1) is 30.4 Å². The third kappa shape index (κ3) is 4.87. The topological polar surface area (TPSA) is 95.1 Å². The maximum Gasteiger partial charge on any atom is 0.193 e. The molecule has 0 bridgehead atoms. The van der Waals surface area contributed by atoms with Crippen molar-refractivity contribution in [2.24, 2.45) is 0 Å². The standard InChI is InChI=1S/C30H29FN2O6/c31-22-12-23-24(13-27(32-23)39-26-16-38-29-25(34)15-37-30(26)29)33-28(22)19-5-3-17(4-6-19)18-7-9-20(10-8-18)36-14-21-2-1-11-35-21/h3-10,12-13,21,25-26,29-30,32,34H,1-2,11,14-16H2/t21?,25-,26-,29?,30-/m1/s1. The molecule has 2 N–H and O–H groups in total. The van der Waals surface area contributed by atoms with Gasteiger partial charge in [-0.3, -0.25) is 0 Å². The highest BCUT2D eigenvalue weighted by atomic mass is 19.1. The third-order valence-corrected chi connectivity index (χ3v) is 7.60. The molecule has 3 aliphatic rings. The number of aromatic amines is 1. The first kappa shape index (κ1) is 24.5. The van der Waals surface area contributed by atoms with Crippen LogP contribution in [-0.2, 0) is 14.2 Å². The lowest BCUT2D eigenvalue weighted by molar-refractivity contribution is 0.00794. The first-order valence-electron chi connectivity index (χ1n) is 13.3. The first-order valence-corrected chi connectivity index (χ1v) is 13.3. The fourth-order valence-corrected chi connectivity index (χ4v) is 5.51. The molecule has 39 heavy (non-hydrogen) atoms. The van der Waals surface area contributed by atoms with Crippen molar-refractivity contribution in [3.63, 3.8) is 0 Å². The first-order chi connectivity index (χ1) is 19.1. The van der Waals surface area contributed by atoms with Crippen LogP contribution in [0.3, 0.4) is 0 Å². The number of halogens is 1. The van der Waals surface area contributed by atoms with Crippen LogP contribution in [0.1, 0.15) is 12.8 Å². The molecule has 5 atom stereocenters. The number of benzene rings is 2. The van der Waals surface area contributed by atoms with Gasteiger partial charge in [0.2, 0.25) is 0 Å². The second-order valence-electron chi connectivity index (χ2n) is 10.3. The minimum absolute atomic E-state index is 0.182. The largest absolute Gasteiger partial charge is 0.491 e. The van der Waals surface area contributed by atoms with Crippen LogP contribution in [0.2, 0.25) is 0 Å². The number of aromatic nitrogens is 2. The number of H-pyrrole nitrogens is 1. The molecule has 5 heterocycles. The number of hydrogen-bond acceptors (Lipinski definition) is 7. The summed E-state index contributed by atoms with van der Waals surface area (Å²) in [6.45, 7) is 1.93. The predicted octanol–water partition coefficient (Wildman–Crippen LogP) is 4.50. The minimum atomic E-state index is -0.647. The molecule has 8 nitrogen and oxygen atoms in total. The highest BCUT2D eigenvalue weighted by Gasteiger charge is 2.48. The van der Waals surface area contributed by atoms with Crippen molar-refractivity contribution in [2.75, 3.05) is 26.4 Å². The van der Waals surface area contributed by atoms with Crippen LogP contribution in [0.5, 0.6) is 11.6 Å². The highest BCUT2D eigenvalue weighted by molar-refractivity contribution is 5.81. The van der Waals surface area contributed by atoms with E-state index in [1.165, 1.54) is 6.07 Å². The Labute approximate surface area is 224 Å². The van der Waals surface area contributed by atoms with E-state index in [4.69, 9.17) is 23.7 Å². The summed E-state index contributed by atoms with van der Waals surface area (Å²) in [6, 6.07) is 18.8. The summed E-state index contributed by atoms with van der Waals surface area (Å²) >= 11 is 0. The lowest BCUT2D eigenvalue weighted by Crippen LogP contribution is -2.34. The fourth-order valence-electron chi connectivity index (χ4n) is 5.51. The zero-order valence-corrected chi connectivity index (χ0v) is 21.2. The monoisotopic (exact) mass is 532 g/mol. The van der Waals surface area contributed by atoms with E-state index in [-0.39, 0.29) is 36.7 Å². The van der Waals surface area contributed by atoms with Gasteiger partial charge in [0.1, 0.15) is 36.4 Å². The Morgan fingerprint density at radius 3 is 2.44 bits per heavy atom. The van der Waals surface area contributed by atoms with E-state index >= 15 is 4.39 Å². The van der Waals surface area contributed by atoms with E-state index in [2.05, 4.69) is 9.97 Å². The van der Waals surface area contributed by atoms with E-state index in [1.807, 2.05) is 48.5 Å². The molecular weight excluding hydrogens is 503 g/mol. The number of rotatable bonds is 7. The van der Waals surface area contributed by atoms with Crippen LogP contribution in [-0.4, -0.2) is 72.0 Å². The zero-order chi connectivity index (χ0) is 26.3. The number of aliphatic hydroxyl groups excluding tert-OH is 1. The van der Waals surface area contributed by atoms with Crippen LogP contribution in [0, 0.1) is 5.82 Å². The summed E-state index contributed by atoms with van der Waals surface area (Å²) in [7, 11) is 0. The number of fused-ring (bicyclic) bond motifs is 2. The van der Waals surface area contributed by atoms with Gasteiger partial charge in [-0.05, 0) is 36.1 Å². The summed E-state index contributed by atoms with van der Waals surface area (Å²) < 4.78 is 43.8. The maximum absolute atomic E-state index is 15.1. The van der Waals surface area contributed by atoms with E-state index in [9.17, 15) is 5.11 Å². The molecular formula is C30H29FN2O6. The Balaban J connectivity index is 1.05. The number of nitrogens with one attached hydrogen (secondary N) is 1. The van der Waals surface area contributed by atoms with Gasteiger partial charge >= 0.3 is 0 Å². The van der Waals surface area contributed by atoms with E-state index in [0.717, 1.165) is 36.3 Å². The highest BCUT2D eigenvalue weighted by Crippen LogP contribution is 2.32. The molecule has 4 aromatic rings. The summed E-state index contributed by atoms with van der Waals surface area (Å²) in [6.07, 6.45) is 0.597. The molecule has 2 aromatic heterocycles. The van der Waals surface area contributed by atoms with Gasteiger partial charge in [0.25, 0.3) is 0 Å². The summed E-state index contributed by atoms with van der Waals surface area (Å²) in [5, 5.41) is 9.94. The van der Waals surface area contributed by atoms with Gasteiger partial charge in [-0.1, -0.05) is 36.4 Å². The number of ether oxygens (including phenoxy) is 5. The SMILES string of the molecule is O[C@@H]1CO[C@H]2C1OC[C@H]2Oc1cc2nc(-c3ccc(-c4ccc(OCC5CCCO5)cc4)cc3)c(F)cc2[nH]1. The molecule has 3 aliphatic heterocycles. The molecule has 202 valence electrons. The van der Waals surface area contributed by atoms with Gasteiger partial charge in [-0.2, -0.15) is 0 Å². The number of aliphatic hydroxyl groups is 1. The molecule has 0 aliphatic carbocycles. The lowest BCUT2D eigenvalue weighted by Gasteiger charge is -2.16. The summed E-state index contributed by atoms with van der Waals surface area (Å²) in [5.41, 5.74) is 4.13. The molecule has 7 rings (SSSR count). The van der Waals surface area contributed by atoms with Crippen molar-refractivity contribution in [3.8, 4) is 34.0 Å². The van der Waals surface area contributed by atoms with Crippen molar-refractivity contribution in [1.29, 1.82) is 0 Å². The summed E-state index contributed by atoms with van der Waals surface area (Å²) in [4.78, 5) is 7.65. The quantitative estimate of drug-likeness (QED) is 0.362. The lowest BCUT2D eigenvalue weighted by atomic mass is 10.0. The number of hydrogen-bond donors (Lipinski definition) is 2. The molecule has 9 heteroatoms. The summed E-state index contributed by atoms with van der Waals surface area (Å²) in [5.74, 6) is 0.837. The van der Waals surface area contributed by atoms with E-state index < -0.39 is 11.9 Å². The van der Waals surface area contributed by atoms with Crippen LogP contribution in [0.4, 0.5) is 4.39 Å². The van der Waals surface area contributed by atoms with Crippen LogP contribution in [0.15, 0.2) is 60.7 Å². The van der Waals surface area contributed by atoms with Crippen LogP contribution in [0.25, 0.3) is 33.4 Å². The van der Waals surface area contributed by atoms with Gasteiger partial charge in [0, 0.05) is 24.3 Å². The Morgan fingerprint density at radius 2 is 1.67 bits per heavy atom. The normalized spacial score (nSPS) is 26.3. The van der Waals surface area contributed by atoms with Crippen molar-refractivity contribution in [2.45, 2.75) is 43.4 Å². The average molecular weight is 533 g/mol. The second kappa shape index (κ2) is 10.2. The second-order valence-corrected chi connectivity index (χ2v) is 10.3. The van der Waals surface area contributed by atoms with Crippen LogP contribution < -0.4 is 9.47 Å². The number of nitrogens with zero attached hydrogens (tertiary/aromatic N) is 1. The van der Waals surface area contributed by atoms with Gasteiger partial charge in [0.15, 0.2) is 17.8 Å².